The van der Waals surface area contributed by atoms with Gasteiger partial charge in [0.25, 0.3) is 0 Å². The summed E-state index contributed by atoms with van der Waals surface area (Å²) in [6, 6.07) is 7.71. The van der Waals surface area contributed by atoms with Crippen molar-refractivity contribution < 1.29 is 22.6 Å². The molecule has 1 aromatic carbocycles. The van der Waals surface area contributed by atoms with Crippen molar-refractivity contribution in [3.63, 3.8) is 0 Å². The molecule has 5 nitrogen and oxygen atoms in total. The number of methoxy groups -OCH3 is 1. The van der Waals surface area contributed by atoms with Crippen molar-refractivity contribution in [1.29, 1.82) is 0 Å². The van der Waals surface area contributed by atoms with E-state index in [1.165, 1.54) is 0 Å². The van der Waals surface area contributed by atoms with Gasteiger partial charge in [0.2, 0.25) is 0 Å². The predicted octanol–water partition coefficient (Wildman–Crippen LogP) is 3.68. The highest BCUT2D eigenvalue weighted by Crippen LogP contribution is 2.18. The number of benzene rings is 1. The third-order valence-electron chi connectivity index (χ3n) is 3.27. The molecule has 9 heteroatoms. The number of aliphatic imine (C=N–C) groups is 1. The van der Waals surface area contributed by atoms with E-state index in [4.69, 9.17) is 4.74 Å². The summed E-state index contributed by atoms with van der Waals surface area (Å²) in [7, 11) is 3.52. The Morgan fingerprint density at radius 2 is 1.96 bits per heavy atom. The Kier molecular flexibility index (Phi) is 12.4. The first kappa shape index (κ1) is 24.8. The summed E-state index contributed by atoms with van der Waals surface area (Å²) in [5.41, 5.74) is 1.02. The fourth-order valence-electron chi connectivity index (χ4n) is 2.17. The summed E-state index contributed by atoms with van der Waals surface area (Å²) >= 11 is 0. The lowest BCUT2D eigenvalue weighted by Crippen LogP contribution is -2.38. The fraction of sp³-hybridized carbons (Fsp3) is 0.588. The highest BCUT2D eigenvalue weighted by Gasteiger charge is 2.27. The molecular weight excluding hydrogens is 462 g/mol. The molecule has 0 aliphatic rings. The first-order valence-electron chi connectivity index (χ1n) is 8.13. The minimum atomic E-state index is -4.28. The third-order valence-corrected chi connectivity index (χ3v) is 3.27. The molecule has 0 fully saturated rings. The van der Waals surface area contributed by atoms with Crippen LogP contribution in [0.1, 0.15) is 18.9 Å². The highest BCUT2D eigenvalue weighted by atomic mass is 127. The molecule has 1 N–H and O–H groups in total. The molecule has 0 saturated carbocycles. The third kappa shape index (κ3) is 10.0. The number of ether oxygens (including phenoxy) is 2. The van der Waals surface area contributed by atoms with Gasteiger partial charge in [0.15, 0.2) is 5.96 Å². The van der Waals surface area contributed by atoms with Crippen molar-refractivity contribution in [2.75, 3.05) is 40.5 Å². The van der Waals surface area contributed by atoms with Crippen molar-refractivity contribution in [3.05, 3.63) is 29.8 Å². The highest BCUT2D eigenvalue weighted by molar-refractivity contribution is 14.0. The smallest absolute Gasteiger partial charge is 0.411 e. The van der Waals surface area contributed by atoms with E-state index in [2.05, 4.69) is 15.0 Å². The van der Waals surface area contributed by atoms with Gasteiger partial charge >= 0.3 is 6.18 Å². The molecule has 0 unspecified atom stereocenters. The summed E-state index contributed by atoms with van der Waals surface area (Å²) in [6.45, 7) is 2.44. The van der Waals surface area contributed by atoms with Crippen LogP contribution in [0.4, 0.5) is 13.2 Å². The molecular formula is C17H27F3IN3O2. The van der Waals surface area contributed by atoms with E-state index >= 15 is 0 Å². The molecule has 0 atom stereocenters. The molecule has 150 valence electrons. The second-order valence-corrected chi connectivity index (χ2v) is 5.42. The summed E-state index contributed by atoms with van der Waals surface area (Å²) in [6.07, 6.45) is -3.86. The maximum atomic E-state index is 12.0. The average molecular weight is 489 g/mol. The Morgan fingerprint density at radius 3 is 2.58 bits per heavy atom. The van der Waals surface area contributed by atoms with Gasteiger partial charge in [0.05, 0.1) is 7.11 Å². The lowest BCUT2D eigenvalue weighted by molar-refractivity contribution is -0.173. The second kappa shape index (κ2) is 13.0. The normalized spacial score (nSPS) is 11.7. The zero-order valence-corrected chi connectivity index (χ0v) is 17.6. The number of guanidine groups is 1. The van der Waals surface area contributed by atoms with Crippen molar-refractivity contribution in [2.24, 2.45) is 4.99 Å². The number of hydrogen-bond acceptors (Lipinski definition) is 3. The molecule has 0 radical (unpaired) electrons. The Balaban J connectivity index is 0.00000625. The molecule has 0 bridgehead atoms. The maximum absolute atomic E-state index is 12.0. The molecule has 0 saturated heterocycles. The fourth-order valence-corrected chi connectivity index (χ4v) is 2.17. The summed E-state index contributed by atoms with van der Waals surface area (Å²) in [4.78, 5) is 6.37. The molecule has 0 aliphatic heterocycles. The molecule has 0 amide bonds. The van der Waals surface area contributed by atoms with Crippen LogP contribution in [0.5, 0.6) is 5.75 Å². The maximum Gasteiger partial charge on any atom is 0.411 e. The average Bonchev–Trinajstić information content (AvgIpc) is 2.56. The van der Waals surface area contributed by atoms with E-state index in [9.17, 15) is 13.2 Å². The van der Waals surface area contributed by atoms with Gasteiger partial charge in [-0.05, 0) is 19.4 Å². The van der Waals surface area contributed by atoms with E-state index in [0.717, 1.165) is 11.3 Å². The first-order valence-corrected chi connectivity index (χ1v) is 8.13. The Bertz CT molecular complexity index is 542. The summed E-state index contributed by atoms with van der Waals surface area (Å²) in [5, 5.41) is 3.17. The SMILES string of the molecule is CCNC(=NCCCOCC(F)(F)F)N(C)Cc1ccccc1OC.I. The Morgan fingerprint density at radius 1 is 1.27 bits per heavy atom. The lowest BCUT2D eigenvalue weighted by atomic mass is 10.2. The summed E-state index contributed by atoms with van der Waals surface area (Å²) in [5.74, 6) is 1.48. The van der Waals surface area contributed by atoms with Crippen LogP contribution in [-0.2, 0) is 11.3 Å². The molecule has 0 heterocycles. The predicted molar refractivity (Wildman–Crippen MR) is 107 cm³/mol. The Labute approximate surface area is 170 Å². The summed E-state index contributed by atoms with van der Waals surface area (Å²) < 4.78 is 45.9. The van der Waals surface area contributed by atoms with Gasteiger partial charge < -0.3 is 19.7 Å². The number of nitrogens with one attached hydrogen (secondary N) is 1. The molecule has 0 aromatic heterocycles. The van der Waals surface area contributed by atoms with Crippen LogP contribution in [0, 0.1) is 0 Å². The van der Waals surface area contributed by atoms with E-state index in [-0.39, 0.29) is 30.6 Å². The van der Waals surface area contributed by atoms with Crippen LogP contribution in [0.3, 0.4) is 0 Å². The van der Waals surface area contributed by atoms with Gasteiger partial charge in [-0.25, -0.2) is 0 Å². The van der Waals surface area contributed by atoms with Gasteiger partial charge in [-0.1, -0.05) is 18.2 Å². The van der Waals surface area contributed by atoms with Crippen LogP contribution in [0.15, 0.2) is 29.3 Å². The van der Waals surface area contributed by atoms with Gasteiger partial charge in [0, 0.05) is 38.9 Å². The standard InChI is InChI=1S/C17H26F3N3O2.HI/c1-4-21-16(22-10-7-11-25-13-17(18,19)20)23(2)12-14-8-5-6-9-15(14)24-3;/h5-6,8-9H,4,7,10-13H2,1-3H3,(H,21,22);1H. The number of nitrogens with zero attached hydrogens (tertiary/aromatic N) is 2. The van der Waals surface area contributed by atoms with Crippen molar-refractivity contribution >= 4 is 29.9 Å². The lowest BCUT2D eigenvalue weighted by Gasteiger charge is -2.23. The largest absolute Gasteiger partial charge is 0.496 e. The molecule has 0 aliphatic carbocycles. The second-order valence-electron chi connectivity index (χ2n) is 5.42. The topological polar surface area (TPSA) is 46.1 Å². The van der Waals surface area contributed by atoms with Crippen molar-refractivity contribution in [2.45, 2.75) is 26.1 Å². The van der Waals surface area contributed by atoms with Crippen LogP contribution >= 0.6 is 24.0 Å². The van der Waals surface area contributed by atoms with E-state index in [1.807, 2.05) is 43.1 Å². The van der Waals surface area contributed by atoms with Crippen molar-refractivity contribution in [3.8, 4) is 5.75 Å². The zero-order chi connectivity index (χ0) is 18.7. The van der Waals surface area contributed by atoms with E-state index < -0.39 is 12.8 Å². The van der Waals surface area contributed by atoms with Gasteiger partial charge in [-0.3, -0.25) is 4.99 Å². The number of rotatable bonds is 9. The van der Waals surface area contributed by atoms with Crippen LogP contribution in [-0.4, -0.2) is 57.5 Å². The number of para-hydroxylation sites is 1. The van der Waals surface area contributed by atoms with Crippen LogP contribution in [0.25, 0.3) is 0 Å². The number of alkyl halides is 3. The van der Waals surface area contributed by atoms with Gasteiger partial charge in [0.1, 0.15) is 12.4 Å². The zero-order valence-electron chi connectivity index (χ0n) is 15.3. The molecule has 1 aromatic rings. The minimum absolute atomic E-state index is 0. The Hall–Kier alpha value is -1.23. The van der Waals surface area contributed by atoms with Gasteiger partial charge in [-0.15, -0.1) is 24.0 Å². The van der Waals surface area contributed by atoms with E-state index in [1.54, 1.807) is 7.11 Å². The first-order chi connectivity index (χ1) is 11.9. The van der Waals surface area contributed by atoms with Crippen molar-refractivity contribution in [1.82, 2.24) is 10.2 Å². The number of halogens is 4. The number of hydrogen-bond donors (Lipinski definition) is 1. The van der Waals surface area contributed by atoms with Crippen LogP contribution < -0.4 is 10.1 Å². The molecule has 1 rings (SSSR count). The molecule has 0 spiro atoms. The van der Waals surface area contributed by atoms with E-state index in [0.29, 0.717) is 32.0 Å². The monoisotopic (exact) mass is 489 g/mol. The quantitative estimate of drug-likeness (QED) is 0.249. The minimum Gasteiger partial charge on any atom is -0.496 e. The van der Waals surface area contributed by atoms with Gasteiger partial charge in [-0.2, -0.15) is 13.2 Å². The van der Waals surface area contributed by atoms with Crippen LogP contribution in [0.2, 0.25) is 0 Å². The molecule has 26 heavy (non-hydrogen) atoms.